The summed E-state index contributed by atoms with van der Waals surface area (Å²) >= 11 is 0. The van der Waals surface area contributed by atoms with Crippen LogP contribution in [0.5, 0.6) is 0 Å². The summed E-state index contributed by atoms with van der Waals surface area (Å²) in [6, 6.07) is -0.0887. The van der Waals surface area contributed by atoms with Crippen molar-refractivity contribution in [2.45, 2.75) is 44.9 Å². The first-order valence-electron chi connectivity index (χ1n) is 4.42. The van der Waals surface area contributed by atoms with Crippen LogP contribution in [0.25, 0.3) is 0 Å². The molecule has 5 heteroatoms. The van der Waals surface area contributed by atoms with Crippen molar-refractivity contribution in [1.29, 1.82) is 0 Å². The average Bonchev–Trinajstić information content (AvgIpc) is 1.83. The van der Waals surface area contributed by atoms with Crippen LogP contribution in [0, 0.1) is 0 Å². The lowest BCUT2D eigenvalue weighted by molar-refractivity contribution is 0.520. The van der Waals surface area contributed by atoms with Crippen molar-refractivity contribution in [3.05, 3.63) is 0 Å². The van der Waals surface area contributed by atoms with Gasteiger partial charge in [0.25, 0.3) is 0 Å². The second-order valence-electron chi connectivity index (χ2n) is 4.21. The first-order valence-corrected chi connectivity index (χ1v) is 5.91. The molecule has 0 rings (SSSR count). The minimum absolute atomic E-state index is 0.0887. The predicted molar refractivity (Wildman–Crippen MR) is 54.9 cm³/mol. The molecule has 80 valence electrons. The van der Waals surface area contributed by atoms with Crippen LogP contribution in [0.3, 0.4) is 0 Å². The molecule has 0 amide bonds. The number of hydrogen-bond acceptors (Lipinski definition) is 3. The van der Waals surface area contributed by atoms with Gasteiger partial charge in [-0.15, -0.1) is 0 Å². The monoisotopic (exact) mass is 208 g/mol. The molecule has 0 aliphatic rings. The second kappa shape index (κ2) is 4.39. The average molecular weight is 208 g/mol. The van der Waals surface area contributed by atoms with Gasteiger partial charge in [-0.05, 0) is 40.7 Å². The van der Waals surface area contributed by atoms with E-state index in [1.807, 2.05) is 6.92 Å². The van der Waals surface area contributed by atoms with Gasteiger partial charge in [0, 0.05) is 6.04 Å². The lowest BCUT2D eigenvalue weighted by Crippen LogP contribution is -2.44. The van der Waals surface area contributed by atoms with Gasteiger partial charge in [0.2, 0.25) is 10.0 Å². The molecule has 0 aromatic heterocycles. The Kier molecular flexibility index (Phi) is 4.35. The SMILES string of the molecule is CC(CCN)NS(=O)(=O)C(C)(C)C. The van der Waals surface area contributed by atoms with Crippen LogP contribution in [0.2, 0.25) is 0 Å². The summed E-state index contributed by atoms with van der Waals surface area (Å²) in [7, 11) is -3.22. The first-order chi connectivity index (χ1) is 5.70. The van der Waals surface area contributed by atoms with Crippen molar-refractivity contribution in [1.82, 2.24) is 4.72 Å². The quantitative estimate of drug-likeness (QED) is 0.704. The summed E-state index contributed by atoms with van der Waals surface area (Å²) in [5, 5.41) is 0. The fraction of sp³-hybridized carbons (Fsp3) is 1.00. The van der Waals surface area contributed by atoms with Gasteiger partial charge in [-0.2, -0.15) is 0 Å². The van der Waals surface area contributed by atoms with Gasteiger partial charge in [0.05, 0.1) is 4.75 Å². The van der Waals surface area contributed by atoms with Crippen LogP contribution >= 0.6 is 0 Å². The van der Waals surface area contributed by atoms with E-state index in [4.69, 9.17) is 5.73 Å². The molecule has 0 heterocycles. The van der Waals surface area contributed by atoms with Gasteiger partial charge in [0.15, 0.2) is 0 Å². The summed E-state index contributed by atoms with van der Waals surface area (Å²) in [6.45, 7) is 7.32. The molecule has 0 radical (unpaired) electrons. The fourth-order valence-electron chi connectivity index (χ4n) is 0.751. The van der Waals surface area contributed by atoms with Crippen LogP contribution in [-0.4, -0.2) is 25.8 Å². The molecule has 13 heavy (non-hydrogen) atoms. The van der Waals surface area contributed by atoms with E-state index in [0.717, 1.165) is 0 Å². The van der Waals surface area contributed by atoms with E-state index in [9.17, 15) is 8.42 Å². The summed E-state index contributed by atoms with van der Waals surface area (Å²) < 4.78 is 25.0. The van der Waals surface area contributed by atoms with E-state index in [1.54, 1.807) is 20.8 Å². The van der Waals surface area contributed by atoms with Gasteiger partial charge in [-0.25, -0.2) is 13.1 Å². The number of nitrogens with two attached hydrogens (primary N) is 1. The van der Waals surface area contributed by atoms with Crippen molar-refractivity contribution >= 4 is 10.0 Å². The molecule has 0 aliphatic heterocycles. The van der Waals surface area contributed by atoms with Gasteiger partial charge in [0.1, 0.15) is 0 Å². The second-order valence-corrected chi connectivity index (χ2v) is 6.68. The van der Waals surface area contributed by atoms with Crippen LogP contribution in [0.15, 0.2) is 0 Å². The van der Waals surface area contributed by atoms with E-state index >= 15 is 0 Å². The molecule has 3 N–H and O–H groups in total. The van der Waals surface area contributed by atoms with Crippen molar-refractivity contribution in [3.8, 4) is 0 Å². The molecule has 0 aromatic rings. The normalized spacial score (nSPS) is 15.8. The molecule has 0 saturated carbocycles. The Balaban J connectivity index is 4.36. The molecule has 0 aromatic carbocycles. The van der Waals surface area contributed by atoms with Crippen LogP contribution < -0.4 is 10.5 Å². The Morgan fingerprint density at radius 3 is 2.15 bits per heavy atom. The van der Waals surface area contributed by atoms with Gasteiger partial charge >= 0.3 is 0 Å². The topological polar surface area (TPSA) is 72.2 Å². The zero-order chi connectivity index (χ0) is 10.7. The molecule has 4 nitrogen and oxygen atoms in total. The van der Waals surface area contributed by atoms with E-state index in [0.29, 0.717) is 13.0 Å². The molecular weight excluding hydrogens is 188 g/mol. The van der Waals surface area contributed by atoms with Crippen LogP contribution in [-0.2, 0) is 10.0 Å². The minimum Gasteiger partial charge on any atom is -0.330 e. The fourth-order valence-corrected chi connectivity index (χ4v) is 1.75. The number of sulfonamides is 1. The highest BCUT2D eigenvalue weighted by Gasteiger charge is 2.29. The smallest absolute Gasteiger partial charge is 0.216 e. The van der Waals surface area contributed by atoms with Gasteiger partial charge in [-0.3, -0.25) is 0 Å². The maximum absolute atomic E-state index is 11.6. The molecule has 1 unspecified atom stereocenters. The zero-order valence-corrected chi connectivity index (χ0v) is 9.61. The maximum atomic E-state index is 11.6. The molecule has 0 aliphatic carbocycles. The standard InChI is InChI=1S/C8H20N2O2S/c1-7(5-6-9)10-13(11,12)8(2,3)4/h7,10H,5-6,9H2,1-4H3. The third-order valence-electron chi connectivity index (χ3n) is 1.76. The highest BCUT2D eigenvalue weighted by molar-refractivity contribution is 7.90. The van der Waals surface area contributed by atoms with E-state index in [1.165, 1.54) is 0 Å². The first kappa shape index (κ1) is 12.9. The minimum atomic E-state index is -3.22. The van der Waals surface area contributed by atoms with Crippen LogP contribution in [0.4, 0.5) is 0 Å². The Labute approximate surface area is 80.9 Å². The molecule has 1 atom stereocenters. The van der Waals surface area contributed by atoms with Crippen molar-refractivity contribution < 1.29 is 8.42 Å². The van der Waals surface area contributed by atoms with E-state index < -0.39 is 14.8 Å². The predicted octanol–water partition coefficient (Wildman–Crippen LogP) is 0.442. The number of nitrogens with one attached hydrogen (secondary N) is 1. The molecule has 0 saturated heterocycles. The lowest BCUT2D eigenvalue weighted by Gasteiger charge is -2.22. The summed E-state index contributed by atoms with van der Waals surface area (Å²) in [4.78, 5) is 0. The van der Waals surface area contributed by atoms with Gasteiger partial charge in [-0.1, -0.05) is 0 Å². The zero-order valence-electron chi connectivity index (χ0n) is 8.79. The Morgan fingerprint density at radius 1 is 1.38 bits per heavy atom. The molecule has 0 fully saturated rings. The highest BCUT2D eigenvalue weighted by Crippen LogP contribution is 2.13. The summed E-state index contributed by atoms with van der Waals surface area (Å²) in [5.74, 6) is 0. The van der Waals surface area contributed by atoms with Crippen molar-refractivity contribution in [2.24, 2.45) is 5.73 Å². The Morgan fingerprint density at radius 2 is 1.85 bits per heavy atom. The van der Waals surface area contributed by atoms with Crippen molar-refractivity contribution in [3.63, 3.8) is 0 Å². The van der Waals surface area contributed by atoms with E-state index in [-0.39, 0.29) is 6.04 Å². The molecule has 0 spiro atoms. The molecule has 0 bridgehead atoms. The van der Waals surface area contributed by atoms with Crippen molar-refractivity contribution in [2.75, 3.05) is 6.54 Å². The third-order valence-corrected chi connectivity index (χ3v) is 4.09. The van der Waals surface area contributed by atoms with Gasteiger partial charge < -0.3 is 5.73 Å². The van der Waals surface area contributed by atoms with Crippen LogP contribution in [0.1, 0.15) is 34.1 Å². The Bertz CT molecular complexity index is 241. The Hall–Kier alpha value is -0.130. The maximum Gasteiger partial charge on any atom is 0.216 e. The number of hydrogen-bond donors (Lipinski definition) is 2. The summed E-state index contributed by atoms with van der Waals surface area (Å²) in [5.41, 5.74) is 5.32. The summed E-state index contributed by atoms with van der Waals surface area (Å²) in [6.07, 6.45) is 0.662. The van der Waals surface area contributed by atoms with E-state index in [2.05, 4.69) is 4.72 Å². The number of rotatable bonds is 4. The molecular formula is C8H20N2O2S. The highest BCUT2D eigenvalue weighted by atomic mass is 32.2. The lowest BCUT2D eigenvalue weighted by atomic mass is 10.2. The third kappa shape index (κ3) is 4.06. The largest absolute Gasteiger partial charge is 0.330 e.